The van der Waals surface area contributed by atoms with Gasteiger partial charge in [-0.05, 0) is 135 Å². The van der Waals surface area contributed by atoms with Crippen LogP contribution < -0.4 is 25.0 Å². The van der Waals surface area contributed by atoms with Crippen LogP contribution in [0, 0.1) is 33.3 Å². The van der Waals surface area contributed by atoms with Crippen molar-refractivity contribution in [1.82, 2.24) is 49.7 Å². The summed E-state index contributed by atoms with van der Waals surface area (Å²) in [5.74, 6) is 3.30. The standard InChI is InChI=1S/C65H66ClN13O10S/c1-65(2)23-19-45(53(35-65)42-9-11-46(66)12-10-42)38-75-28-30-76(31-29-75)48-13-15-51(57(33-48)89-49-32-44-20-24-67-60(44)69-37-49)61(81)72-90(87,88)50-14-16-54(56(34-50)79(85)86)68-36-41-21-26-74(27-22-41)39-47-40-77(73-71-47)25-4-3-6-43-7-5-8-52-59(43)64(84)78(63(52)83)55-17-18-58(80)70-62(55)82/h5,7-16,20,24,32-34,37,40-41,55,68H,4,17-19,21-23,25-31,35-36,38-39H2,1-2H3,(H,67,69)(H,72,81)(H,70,80,82). The summed E-state index contributed by atoms with van der Waals surface area (Å²) in [6, 6.07) is 24.0. The van der Waals surface area contributed by atoms with E-state index in [9.17, 15) is 42.5 Å². The van der Waals surface area contributed by atoms with Crippen LogP contribution in [0.2, 0.25) is 5.02 Å². The van der Waals surface area contributed by atoms with Crippen molar-refractivity contribution in [3.8, 4) is 23.3 Å². The van der Waals surface area contributed by atoms with Gasteiger partial charge in [0.15, 0.2) is 0 Å². The van der Waals surface area contributed by atoms with Crippen LogP contribution in [0.25, 0.3) is 16.6 Å². The Labute approximate surface area is 524 Å². The smallest absolute Gasteiger partial charge is 0.293 e. The van der Waals surface area contributed by atoms with E-state index < -0.39 is 61.1 Å². The number of nitrogens with one attached hydrogen (secondary N) is 4. The van der Waals surface area contributed by atoms with Gasteiger partial charge in [0.2, 0.25) is 11.8 Å². The maximum Gasteiger partial charge on any atom is 0.293 e. The van der Waals surface area contributed by atoms with Gasteiger partial charge in [0.1, 0.15) is 28.9 Å². The van der Waals surface area contributed by atoms with E-state index in [2.05, 4.69) is 88.2 Å². The predicted octanol–water partition coefficient (Wildman–Crippen LogP) is 8.58. The number of piperidine rings is 2. The number of nitro benzene ring substituents is 1. The average molecular weight is 1260 g/mol. The van der Waals surface area contributed by atoms with Crippen molar-refractivity contribution in [2.75, 3.05) is 62.6 Å². The summed E-state index contributed by atoms with van der Waals surface area (Å²) in [5.41, 5.74) is 6.69. The van der Waals surface area contributed by atoms with E-state index in [1.807, 2.05) is 24.4 Å². The van der Waals surface area contributed by atoms with Gasteiger partial charge in [-0.3, -0.25) is 58.8 Å². The molecule has 0 radical (unpaired) electrons. The van der Waals surface area contributed by atoms with Crippen molar-refractivity contribution in [3.05, 3.63) is 164 Å². The van der Waals surface area contributed by atoms with Crippen LogP contribution in [0.5, 0.6) is 11.5 Å². The number of hydrogen-bond donors (Lipinski definition) is 4. The Balaban J connectivity index is 0.642. The first kappa shape index (κ1) is 61.0. The Bertz CT molecular complexity index is 4210. The number of H-pyrrole nitrogens is 1. The third kappa shape index (κ3) is 13.5. The molecule has 0 spiro atoms. The van der Waals surface area contributed by atoms with Gasteiger partial charge in [0.25, 0.3) is 33.4 Å². The lowest BCUT2D eigenvalue weighted by atomic mass is 9.72. The van der Waals surface area contributed by atoms with Gasteiger partial charge in [0, 0.05) is 105 Å². The van der Waals surface area contributed by atoms with Gasteiger partial charge < -0.3 is 19.9 Å². The van der Waals surface area contributed by atoms with Gasteiger partial charge >= 0.3 is 0 Å². The molecule has 464 valence electrons. The van der Waals surface area contributed by atoms with Crippen LogP contribution in [0.1, 0.15) is 113 Å². The van der Waals surface area contributed by atoms with Gasteiger partial charge in [-0.15, -0.1) is 5.10 Å². The number of rotatable bonds is 18. The first-order chi connectivity index (χ1) is 43.3. The van der Waals surface area contributed by atoms with Crippen LogP contribution in [-0.2, 0) is 32.7 Å². The molecule has 0 saturated carbocycles. The Hall–Kier alpha value is -9.28. The highest BCUT2D eigenvalue weighted by Crippen LogP contribution is 2.44. The molecular formula is C65H66ClN13O10S. The van der Waals surface area contributed by atoms with Crippen molar-refractivity contribution in [2.24, 2.45) is 11.3 Å². The summed E-state index contributed by atoms with van der Waals surface area (Å²) in [4.78, 5) is 91.8. The fourth-order valence-electron chi connectivity index (χ4n) is 12.5. The highest BCUT2D eigenvalue weighted by atomic mass is 35.5. The molecule has 4 aliphatic heterocycles. The third-order valence-corrected chi connectivity index (χ3v) is 19.0. The molecular weight excluding hydrogens is 1190 g/mol. The lowest BCUT2D eigenvalue weighted by molar-refractivity contribution is -0.384. The topological polar surface area (TPSA) is 280 Å². The first-order valence-corrected chi connectivity index (χ1v) is 31.9. The van der Waals surface area contributed by atoms with Gasteiger partial charge in [-0.25, -0.2) is 18.1 Å². The number of amides is 5. The van der Waals surface area contributed by atoms with E-state index in [1.165, 1.54) is 47.2 Å². The van der Waals surface area contributed by atoms with E-state index in [1.54, 1.807) is 41.2 Å². The average Bonchev–Trinajstić information content (AvgIpc) is 1.78. The normalized spacial score (nSPS) is 18.3. The van der Waals surface area contributed by atoms with E-state index in [0.717, 1.165) is 92.6 Å². The fraction of sp³-hybridized carbons (Fsp3) is 0.354. The summed E-state index contributed by atoms with van der Waals surface area (Å²) in [6.07, 6.45) is 10.2. The van der Waals surface area contributed by atoms with Crippen molar-refractivity contribution in [2.45, 2.75) is 89.2 Å². The second-order valence-corrected chi connectivity index (χ2v) is 26.4. The number of aryl methyl sites for hydroxylation is 1. The molecule has 3 saturated heterocycles. The van der Waals surface area contributed by atoms with Crippen molar-refractivity contribution >= 4 is 84.8 Å². The molecule has 1 unspecified atom stereocenters. The zero-order valence-corrected chi connectivity index (χ0v) is 51.2. The number of halogens is 1. The summed E-state index contributed by atoms with van der Waals surface area (Å²) >= 11 is 6.27. The molecule has 5 amide bonds. The predicted molar refractivity (Wildman–Crippen MR) is 336 cm³/mol. The summed E-state index contributed by atoms with van der Waals surface area (Å²) in [7, 11) is -4.65. The summed E-state index contributed by atoms with van der Waals surface area (Å²) in [6.45, 7) is 11.3. The number of carbonyl (C=O) groups excluding carboxylic acids is 5. The number of piperazine rings is 1. The maximum absolute atomic E-state index is 14.2. The Kier molecular flexibility index (Phi) is 17.4. The Morgan fingerprint density at radius 3 is 2.47 bits per heavy atom. The van der Waals surface area contributed by atoms with Gasteiger partial charge in [0.05, 0.1) is 44.9 Å². The minimum atomic E-state index is -4.65. The second-order valence-electron chi connectivity index (χ2n) is 24.2. The maximum atomic E-state index is 14.2. The minimum absolute atomic E-state index is 0.0230. The molecule has 12 rings (SSSR count). The molecule has 5 aliphatic rings. The molecule has 4 aromatic carbocycles. The fourth-order valence-corrected chi connectivity index (χ4v) is 13.6. The number of hydrogen-bond acceptors (Lipinski definition) is 17. The third-order valence-electron chi connectivity index (χ3n) is 17.5. The highest BCUT2D eigenvalue weighted by Gasteiger charge is 2.45. The number of carbonyl (C=O) groups is 5. The van der Waals surface area contributed by atoms with E-state index in [4.69, 9.17) is 16.3 Å². The number of sulfonamides is 1. The molecule has 1 aliphatic carbocycles. The second kappa shape index (κ2) is 25.7. The number of nitro groups is 1. The van der Waals surface area contributed by atoms with Crippen LogP contribution in [-0.4, -0.2) is 141 Å². The number of allylic oxidation sites excluding steroid dienone is 1. The molecule has 4 N–H and O–H groups in total. The number of benzene rings is 4. The van der Waals surface area contributed by atoms with Crippen molar-refractivity contribution in [1.29, 1.82) is 0 Å². The Morgan fingerprint density at radius 2 is 1.69 bits per heavy atom. The zero-order chi connectivity index (χ0) is 62.8. The van der Waals surface area contributed by atoms with Crippen molar-refractivity contribution in [3.63, 3.8) is 0 Å². The SMILES string of the molecule is CC1(C)CCC(CN2CCN(c3ccc(C(=O)NS(=O)(=O)c4ccc(NCC5CCN(Cc6cn(CCC#Cc7cccc8c7C(=O)N(C7CCC(=O)NC7=O)C8=O)nn6)CC5)c([N+](=O)[O-])c4)c(Oc4cnc5[nH]ccc5c4)c3)CC2)=C(c2ccc(Cl)cc2)C1. The largest absolute Gasteiger partial charge is 0.455 e. The highest BCUT2D eigenvalue weighted by molar-refractivity contribution is 7.90. The molecule has 23 nitrogen and oxygen atoms in total. The molecule has 3 aromatic heterocycles. The quantitative estimate of drug-likeness (QED) is 0.0271. The number of aromatic amines is 1. The molecule has 25 heteroatoms. The number of anilines is 2. The van der Waals surface area contributed by atoms with E-state index in [0.29, 0.717) is 61.1 Å². The number of fused-ring (bicyclic) bond motifs is 2. The summed E-state index contributed by atoms with van der Waals surface area (Å²) in [5, 5.41) is 28.0. The Morgan fingerprint density at radius 1 is 0.900 bits per heavy atom. The number of likely N-dealkylation sites (tertiary alicyclic amines) is 1. The van der Waals surface area contributed by atoms with Crippen molar-refractivity contribution < 1.29 is 42.1 Å². The first-order valence-electron chi connectivity index (χ1n) is 30.0. The molecule has 3 fully saturated rings. The molecule has 1 atom stereocenters. The van der Waals surface area contributed by atoms with E-state index in [-0.39, 0.29) is 52.3 Å². The van der Waals surface area contributed by atoms with Gasteiger partial charge in [-0.1, -0.05) is 66.3 Å². The van der Waals surface area contributed by atoms with Crippen LogP contribution >= 0.6 is 11.6 Å². The molecule has 0 bridgehead atoms. The van der Waals surface area contributed by atoms with Crippen LogP contribution in [0.15, 0.2) is 120 Å². The number of ether oxygens (including phenoxy) is 1. The number of nitrogens with zero attached hydrogens (tertiary/aromatic N) is 9. The van der Waals surface area contributed by atoms with E-state index >= 15 is 0 Å². The monoisotopic (exact) mass is 1260 g/mol. The van der Waals surface area contributed by atoms with Crippen LogP contribution in [0.4, 0.5) is 17.1 Å². The lowest BCUT2D eigenvalue weighted by Crippen LogP contribution is -2.54. The molecule has 90 heavy (non-hydrogen) atoms. The summed E-state index contributed by atoms with van der Waals surface area (Å²) < 4.78 is 38.2. The minimum Gasteiger partial charge on any atom is -0.455 e. The molecule has 7 aromatic rings. The number of imide groups is 2. The van der Waals surface area contributed by atoms with Gasteiger partial charge in [-0.2, -0.15) is 0 Å². The lowest BCUT2D eigenvalue weighted by Gasteiger charge is -2.39. The van der Waals surface area contributed by atoms with Crippen LogP contribution in [0.3, 0.4) is 0 Å². The number of pyridine rings is 1. The zero-order valence-electron chi connectivity index (χ0n) is 49.7. The number of aromatic nitrogens is 5. The molecule has 7 heterocycles.